The molecule has 82 valence electrons. The van der Waals surface area contributed by atoms with Crippen LogP contribution in [-0.2, 0) is 19.0 Å². The van der Waals surface area contributed by atoms with Gasteiger partial charge < -0.3 is 14.2 Å². The van der Waals surface area contributed by atoms with Gasteiger partial charge in [-0.2, -0.15) is 0 Å². The van der Waals surface area contributed by atoms with Gasteiger partial charge in [-0.15, -0.1) is 0 Å². The van der Waals surface area contributed by atoms with Gasteiger partial charge in [-0.3, -0.25) is 4.79 Å². The maximum absolute atomic E-state index is 10.9. The van der Waals surface area contributed by atoms with Gasteiger partial charge in [-0.05, 0) is 11.6 Å². The molecule has 0 N–H and O–H groups in total. The number of carbonyl (C=O) groups is 1. The highest BCUT2D eigenvalue weighted by atomic mass is 16.6. The van der Waals surface area contributed by atoms with Gasteiger partial charge in [0, 0.05) is 13.0 Å². The van der Waals surface area contributed by atoms with Crippen LogP contribution < -0.4 is 0 Å². The number of hydrogen-bond donors (Lipinski definition) is 0. The summed E-state index contributed by atoms with van der Waals surface area (Å²) < 4.78 is 15.2. The summed E-state index contributed by atoms with van der Waals surface area (Å²) >= 11 is 0. The Labute approximate surface area is 88.8 Å². The maximum Gasteiger partial charge on any atom is 0.303 e. The lowest BCUT2D eigenvalue weighted by Crippen LogP contribution is -2.23. The van der Waals surface area contributed by atoms with E-state index >= 15 is 0 Å². The zero-order chi connectivity index (χ0) is 11.4. The monoisotopic (exact) mass is 210 g/mol. The van der Waals surface area contributed by atoms with Crippen molar-refractivity contribution in [1.82, 2.24) is 0 Å². The van der Waals surface area contributed by atoms with Crippen LogP contribution in [0.3, 0.4) is 0 Å². The first-order chi connectivity index (χ1) is 7.08. The quantitative estimate of drug-likeness (QED) is 0.663. The fourth-order valence-electron chi connectivity index (χ4n) is 1.28. The van der Waals surface area contributed by atoms with Crippen LogP contribution in [0.4, 0.5) is 0 Å². The van der Waals surface area contributed by atoms with Gasteiger partial charge in [-0.25, -0.2) is 0 Å². The van der Waals surface area contributed by atoms with E-state index in [-0.39, 0.29) is 5.97 Å². The highest BCUT2D eigenvalue weighted by Gasteiger charge is 2.25. The van der Waals surface area contributed by atoms with Crippen molar-refractivity contribution in [3.8, 4) is 0 Å². The van der Waals surface area contributed by atoms with E-state index in [1.54, 1.807) is 19.3 Å². The Balaban J connectivity index is 2.91. The molecule has 15 heavy (non-hydrogen) atoms. The lowest BCUT2D eigenvalue weighted by molar-refractivity contribution is -0.144. The van der Waals surface area contributed by atoms with Crippen LogP contribution in [-0.4, -0.2) is 26.3 Å². The average molecular weight is 210 g/mol. The first kappa shape index (κ1) is 11.4. The molecule has 4 heteroatoms. The summed E-state index contributed by atoms with van der Waals surface area (Å²) in [6.07, 6.45) is 2.82. The molecule has 0 fully saturated rings. The third kappa shape index (κ3) is 2.62. The predicted octanol–water partition coefficient (Wildman–Crippen LogP) is 1.55. The number of allylic oxidation sites excluding steroid dienone is 1. The molecule has 0 aromatic heterocycles. The number of ether oxygens (including phenoxy) is 3. The van der Waals surface area contributed by atoms with Crippen molar-refractivity contribution in [1.29, 1.82) is 0 Å². The van der Waals surface area contributed by atoms with Crippen LogP contribution in [0.25, 0.3) is 0 Å². The lowest BCUT2D eigenvalue weighted by atomic mass is 10.0. The third-order valence-electron chi connectivity index (χ3n) is 1.96. The minimum Gasteiger partial charge on any atom is -0.497 e. The Morgan fingerprint density at radius 1 is 1.33 bits per heavy atom. The van der Waals surface area contributed by atoms with E-state index in [0.717, 1.165) is 0 Å². The van der Waals surface area contributed by atoms with Crippen molar-refractivity contribution in [3.63, 3.8) is 0 Å². The molecule has 1 atom stereocenters. The standard InChI is InChI=1S/C11H14O4/c1-7-5-9(13-3)6-10(14-4)11(7)15-8(2)12/h5-6,11H,1H2,2-4H3. The first-order valence-corrected chi connectivity index (χ1v) is 4.45. The van der Waals surface area contributed by atoms with Crippen molar-refractivity contribution in [2.75, 3.05) is 14.2 Å². The zero-order valence-electron chi connectivity index (χ0n) is 9.07. The topological polar surface area (TPSA) is 44.8 Å². The Morgan fingerprint density at radius 3 is 2.47 bits per heavy atom. The molecular weight excluding hydrogens is 196 g/mol. The Bertz CT molecular complexity index is 338. The molecule has 0 aromatic rings. The van der Waals surface area contributed by atoms with E-state index in [4.69, 9.17) is 14.2 Å². The zero-order valence-corrected chi connectivity index (χ0v) is 9.07. The SMILES string of the molecule is C=C1C=C(OC)C=C(OC)C1OC(C)=O. The van der Waals surface area contributed by atoms with Gasteiger partial charge in [0.05, 0.1) is 14.2 Å². The summed E-state index contributed by atoms with van der Waals surface area (Å²) in [4.78, 5) is 10.9. The third-order valence-corrected chi connectivity index (χ3v) is 1.96. The molecule has 0 aliphatic heterocycles. The molecule has 0 radical (unpaired) electrons. The van der Waals surface area contributed by atoms with Crippen molar-refractivity contribution in [2.24, 2.45) is 0 Å². The Hall–Kier alpha value is -1.71. The minimum atomic E-state index is -0.550. The van der Waals surface area contributed by atoms with E-state index in [1.807, 2.05) is 0 Å². The second-order valence-electron chi connectivity index (χ2n) is 3.07. The summed E-state index contributed by atoms with van der Waals surface area (Å²) in [5.74, 6) is 0.758. The van der Waals surface area contributed by atoms with Crippen LogP contribution >= 0.6 is 0 Å². The van der Waals surface area contributed by atoms with Gasteiger partial charge in [0.2, 0.25) is 0 Å². The molecular formula is C11H14O4. The fourth-order valence-corrected chi connectivity index (χ4v) is 1.28. The minimum absolute atomic E-state index is 0.377. The summed E-state index contributed by atoms with van der Waals surface area (Å²) in [5, 5.41) is 0. The van der Waals surface area contributed by atoms with Gasteiger partial charge in [0.1, 0.15) is 11.5 Å². The molecule has 0 bridgehead atoms. The van der Waals surface area contributed by atoms with Gasteiger partial charge in [-0.1, -0.05) is 6.58 Å². The number of rotatable bonds is 3. The van der Waals surface area contributed by atoms with Gasteiger partial charge in [0.15, 0.2) is 6.10 Å². The molecule has 0 saturated carbocycles. The average Bonchev–Trinajstić information content (AvgIpc) is 2.20. The largest absolute Gasteiger partial charge is 0.497 e. The van der Waals surface area contributed by atoms with Crippen LogP contribution in [0, 0.1) is 0 Å². The molecule has 0 aromatic carbocycles. The second-order valence-corrected chi connectivity index (χ2v) is 3.07. The molecule has 0 spiro atoms. The number of hydrogen-bond acceptors (Lipinski definition) is 4. The summed E-state index contributed by atoms with van der Waals surface area (Å²) in [6, 6.07) is 0. The van der Waals surface area contributed by atoms with E-state index in [2.05, 4.69) is 6.58 Å². The van der Waals surface area contributed by atoms with Crippen molar-refractivity contribution >= 4 is 5.97 Å². The molecule has 0 heterocycles. The molecule has 1 unspecified atom stereocenters. The summed E-state index contributed by atoms with van der Waals surface area (Å²) in [7, 11) is 3.06. The van der Waals surface area contributed by atoms with Crippen LogP contribution in [0.5, 0.6) is 0 Å². The maximum atomic E-state index is 10.9. The predicted molar refractivity (Wildman–Crippen MR) is 54.9 cm³/mol. The fraction of sp³-hybridized carbons (Fsp3) is 0.364. The van der Waals surface area contributed by atoms with Crippen molar-refractivity contribution in [3.05, 3.63) is 35.8 Å². The van der Waals surface area contributed by atoms with Gasteiger partial charge in [0.25, 0.3) is 0 Å². The smallest absolute Gasteiger partial charge is 0.303 e. The van der Waals surface area contributed by atoms with Crippen LogP contribution in [0.2, 0.25) is 0 Å². The van der Waals surface area contributed by atoms with E-state index in [1.165, 1.54) is 14.0 Å². The van der Waals surface area contributed by atoms with E-state index in [9.17, 15) is 4.79 Å². The van der Waals surface area contributed by atoms with E-state index < -0.39 is 6.10 Å². The van der Waals surface area contributed by atoms with Crippen molar-refractivity contribution < 1.29 is 19.0 Å². The summed E-state index contributed by atoms with van der Waals surface area (Å²) in [6.45, 7) is 5.13. The Morgan fingerprint density at radius 2 is 2.00 bits per heavy atom. The van der Waals surface area contributed by atoms with Gasteiger partial charge >= 0.3 is 5.97 Å². The number of esters is 1. The molecule has 1 aliphatic rings. The Kier molecular flexibility index (Phi) is 3.55. The molecule has 1 rings (SSSR count). The van der Waals surface area contributed by atoms with Crippen molar-refractivity contribution in [2.45, 2.75) is 13.0 Å². The number of carbonyl (C=O) groups excluding carboxylic acids is 1. The summed E-state index contributed by atoms with van der Waals surface area (Å²) in [5.41, 5.74) is 0.626. The second kappa shape index (κ2) is 4.68. The molecule has 0 saturated heterocycles. The van der Waals surface area contributed by atoms with E-state index in [0.29, 0.717) is 17.1 Å². The highest BCUT2D eigenvalue weighted by molar-refractivity contribution is 5.67. The van der Waals surface area contributed by atoms with Crippen LogP contribution in [0.1, 0.15) is 6.92 Å². The molecule has 4 nitrogen and oxygen atoms in total. The first-order valence-electron chi connectivity index (χ1n) is 4.45. The highest BCUT2D eigenvalue weighted by Crippen LogP contribution is 2.25. The molecule has 1 aliphatic carbocycles. The lowest BCUT2D eigenvalue weighted by Gasteiger charge is -2.23. The number of methoxy groups -OCH3 is 2. The normalized spacial score (nSPS) is 20.2. The molecule has 0 amide bonds. The van der Waals surface area contributed by atoms with Crippen LogP contribution in [0.15, 0.2) is 35.8 Å².